The summed E-state index contributed by atoms with van der Waals surface area (Å²) in [5.74, 6) is 2.04. The molecule has 0 aliphatic carbocycles. The second-order valence-corrected chi connectivity index (χ2v) is 13.2. The summed E-state index contributed by atoms with van der Waals surface area (Å²) < 4.78 is 24.2. The predicted octanol–water partition coefficient (Wildman–Crippen LogP) is 11.9. The summed E-state index contributed by atoms with van der Waals surface area (Å²) in [4.78, 5) is 9.02. The van der Waals surface area contributed by atoms with Crippen LogP contribution in [0, 0.1) is 26.6 Å². The Morgan fingerprint density at radius 1 is 0.588 bits per heavy atom. The van der Waals surface area contributed by atoms with Crippen molar-refractivity contribution < 1.29 is 9.13 Å². The number of ether oxygens (including phenoxy) is 1. The second kappa shape index (κ2) is 12.2. The summed E-state index contributed by atoms with van der Waals surface area (Å²) in [5, 5.41) is 2.29. The van der Waals surface area contributed by atoms with E-state index in [9.17, 15) is 0 Å². The van der Waals surface area contributed by atoms with Crippen LogP contribution in [0.2, 0.25) is 0 Å². The molecule has 6 heteroatoms. The van der Waals surface area contributed by atoms with Crippen molar-refractivity contribution in [2.45, 2.75) is 20.8 Å². The van der Waals surface area contributed by atoms with Gasteiger partial charge in [-0.2, -0.15) is 0 Å². The number of aromatic nitrogens is 2. The molecular weight excluding hydrogens is 632 g/mol. The smallest absolute Gasteiger partial charge is 0.146 e. The van der Waals surface area contributed by atoms with E-state index in [0.717, 1.165) is 61.6 Å². The Kier molecular flexibility index (Phi) is 7.32. The van der Waals surface area contributed by atoms with Gasteiger partial charge in [0.15, 0.2) is 0 Å². The van der Waals surface area contributed by atoms with Crippen LogP contribution < -0.4 is 14.5 Å². The standard InChI is InChI=1S/C45H35FN4O/c1-29-21-22-47-44(23-29)50-39-15-6-4-13-36(39)37-20-19-34(27-43(37)50)51-35-25-32(45-30(2)11-10-12-31(45)3)24-33(26-35)48-28-49(40-16-7-5-14-38(40)46)42-18-9-8-17-41(42)48/h4-27H,28H2,1-3H3. The van der Waals surface area contributed by atoms with E-state index >= 15 is 4.39 Å². The molecule has 51 heavy (non-hydrogen) atoms. The molecule has 8 aromatic rings. The highest BCUT2D eigenvalue weighted by atomic mass is 19.1. The first kappa shape index (κ1) is 30.6. The van der Waals surface area contributed by atoms with Crippen molar-refractivity contribution in [2.24, 2.45) is 0 Å². The quantitative estimate of drug-likeness (QED) is 0.177. The van der Waals surface area contributed by atoms with Crippen LogP contribution in [0.15, 0.2) is 146 Å². The maximum Gasteiger partial charge on any atom is 0.146 e. The van der Waals surface area contributed by atoms with Gasteiger partial charge in [0, 0.05) is 34.8 Å². The van der Waals surface area contributed by atoms with Crippen molar-refractivity contribution in [1.82, 2.24) is 9.55 Å². The number of para-hydroxylation sites is 4. The minimum absolute atomic E-state index is 0.254. The van der Waals surface area contributed by atoms with Crippen LogP contribution in [0.3, 0.4) is 0 Å². The maximum absolute atomic E-state index is 15.2. The fourth-order valence-electron chi connectivity index (χ4n) is 7.56. The summed E-state index contributed by atoms with van der Waals surface area (Å²) in [6.45, 7) is 6.83. The van der Waals surface area contributed by atoms with Crippen LogP contribution in [0.4, 0.5) is 27.1 Å². The third kappa shape index (κ3) is 5.27. The van der Waals surface area contributed by atoms with E-state index in [0.29, 0.717) is 18.1 Å². The molecule has 0 radical (unpaired) electrons. The number of rotatable bonds is 6. The Balaban J connectivity index is 1.19. The Bertz CT molecular complexity index is 2610. The number of fused-ring (bicyclic) bond motifs is 4. The number of anilines is 4. The van der Waals surface area contributed by atoms with Crippen LogP contribution in [-0.4, -0.2) is 16.2 Å². The van der Waals surface area contributed by atoms with Crippen molar-refractivity contribution in [2.75, 3.05) is 16.5 Å². The summed E-state index contributed by atoms with van der Waals surface area (Å²) in [5.41, 5.74) is 11.3. The highest BCUT2D eigenvalue weighted by Gasteiger charge is 2.30. The topological polar surface area (TPSA) is 33.5 Å². The minimum Gasteiger partial charge on any atom is -0.457 e. The third-order valence-corrected chi connectivity index (χ3v) is 9.87. The molecule has 0 bridgehead atoms. The van der Waals surface area contributed by atoms with E-state index < -0.39 is 0 Å². The lowest BCUT2D eigenvalue weighted by Gasteiger charge is -2.24. The molecule has 0 N–H and O–H groups in total. The molecule has 0 saturated carbocycles. The highest BCUT2D eigenvalue weighted by molar-refractivity contribution is 6.09. The molecule has 9 rings (SSSR count). The van der Waals surface area contributed by atoms with Gasteiger partial charge in [0.1, 0.15) is 29.8 Å². The Morgan fingerprint density at radius 2 is 1.29 bits per heavy atom. The molecule has 2 aromatic heterocycles. The van der Waals surface area contributed by atoms with Gasteiger partial charge in [0.2, 0.25) is 0 Å². The van der Waals surface area contributed by atoms with Gasteiger partial charge in [-0.05, 0) is 115 Å². The van der Waals surface area contributed by atoms with E-state index in [2.05, 4.69) is 115 Å². The minimum atomic E-state index is -0.254. The fraction of sp³-hybridized carbons (Fsp3) is 0.0889. The first-order valence-electron chi connectivity index (χ1n) is 17.2. The van der Waals surface area contributed by atoms with Gasteiger partial charge in [0.25, 0.3) is 0 Å². The monoisotopic (exact) mass is 666 g/mol. The molecule has 3 heterocycles. The lowest BCUT2D eigenvalue weighted by molar-refractivity contribution is 0.483. The van der Waals surface area contributed by atoms with Crippen LogP contribution in [0.25, 0.3) is 38.8 Å². The summed E-state index contributed by atoms with van der Waals surface area (Å²) in [7, 11) is 0. The predicted molar refractivity (Wildman–Crippen MR) is 207 cm³/mol. The molecule has 0 spiro atoms. The molecule has 6 aromatic carbocycles. The fourth-order valence-corrected chi connectivity index (χ4v) is 7.56. The van der Waals surface area contributed by atoms with E-state index in [4.69, 9.17) is 9.72 Å². The van der Waals surface area contributed by atoms with E-state index in [-0.39, 0.29) is 5.82 Å². The summed E-state index contributed by atoms with van der Waals surface area (Å²) in [6.07, 6.45) is 1.86. The third-order valence-electron chi connectivity index (χ3n) is 9.87. The number of benzene rings is 6. The average molecular weight is 667 g/mol. The van der Waals surface area contributed by atoms with E-state index in [1.807, 2.05) is 53.6 Å². The molecule has 1 aliphatic heterocycles. The number of aryl methyl sites for hydroxylation is 3. The average Bonchev–Trinajstić information content (AvgIpc) is 3.68. The number of hydrogen-bond donors (Lipinski definition) is 0. The lowest BCUT2D eigenvalue weighted by atomic mass is 9.95. The molecule has 0 unspecified atom stereocenters. The van der Waals surface area contributed by atoms with Crippen LogP contribution in [0.1, 0.15) is 16.7 Å². The molecule has 1 aliphatic rings. The molecule has 248 valence electrons. The van der Waals surface area contributed by atoms with Crippen molar-refractivity contribution in [3.63, 3.8) is 0 Å². The van der Waals surface area contributed by atoms with Crippen LogP contribution >= 0.6 is 0 Å². The second-order valence-electron chi connectivity index (χ2n) is 13.2. The first-order chi connectivity index (χ1) is 24.9. The van der Waals surface area contributed by atoms with Gasteiger partial charge >= 0.3 is 0 Å². The molecule has 0 saturated heterocycles. The van der Waals surface area contributed by atoms with Gasteiger partial charge in [-0.1, -0.05) is 60.7 Å². The van der Waals surface area contributed by atoms with Crippen molar-refractivity contribution >= 4 is 44.6 Å². The van der Waals surface area contributed by atoms with Crippen molar-refractivity contribution in [3.05, 3.63) is 168 Å². The van der Waals surface area contributed by atoms with E-state index in [1.165, 1.54) is 22.8 Å². The Morgan fingerprint density at radius 3 is 2.08 bits per heavy atom. The zero-order valence-electron chi connectivity index (χ0n) is 28.6. The van der Waals surface area contributed by atoms with E-state index in [1.54, 1.807) is 6.07 Å². The van der Waals surface area contributed by atoms with Crippen LogP contribution in [0.5, 0.6) is 11.5 Å². The largest absolute Gasteiger partial charge is 0.457 e. The molecule has 0 fully saturated rings. The van der Waals surface area contributed by atoms with Crippen molar-refractivity contribution in [3.8, 4) is 28.4 Å². The molecular formula is C45H35FN4O. The highest BCUT2D eigenvalue weighted by Crippen LogP contribution is 2.47. The van der Waals surface area contributed by atoms with Gasteiger partial charge in [-0.3, -0.25) is 4.57 Å². The summed E-state index contributed by atoms with van der Waals surface area (Å²) >= 11 is 0. The zero-order chi connectivity index (χ0) is 34.6. The van der Waals surface area contributed by atoms with Gasteiger partial charge in [-0.25, -0.2) is 9.37 Å². The first-order valence-corrected chi connectivity index (χ1v) is 17.2. The zero-order valence-corrected chi connectivity index (χ0v) is 28.6. The number of pyridine rings is 1. The van der Waals surface area contributed by atoms with Gasteiger partial charge < -0.3 is 14.5 Å². The number of nitrogens with zero attached hydrogens (tertiary/aromatic N) is 4. The van der Waals surface area contributed by atoms with Crippen molar-refractivity contribution in [1.29, 1.82) is 0 Å². The Hall–Kier alpha value is -6.40. The maximum atomic E-state index is 15.2. The van der Waals surface area contributed by atoms with Crippen LogP contribution in [-0.2, 0) is 0 Å². The van der Waals surface area contributed by atoms with Gasteiger partial charge in [0.05, 0.1) is 28.1 Å². The summed E-state index contributed by atoms with van der Waals surface area (Å²) in [6, 6.07) is 46.8. The lowest BCUT2D eigenvalue weighted by Crippen LogP contribution is -2.24. The molecule has 0 amide bonds. The number of halogens is 1. The normalized spacial score (nSPS) is 12.5. The molecule has 5 nitrogen and oxygen atoms in total. The van der Waals surface area contributed by atoms with Gasteiger partial charge in [-0.15, -0.1) is 0 Å². The Labute approximate surface area is 296 Å². The SMILES string of the molecule is Cc1ccnc(-n2c3ccccc3c3ccc(Oc4cc(-c5c(C)cccc5C)cc(N5CN(c6ccccc6F)c6ccccc65)c4)cc32)c1. The number of hydrogen-bond acceptors (Lipinski definition) is 4. The molecule has 0 atom stereocenters.